The van der Waals surface area contributed by atoms with Gasteiger partial charge in [-0.25, -0.2) is 15.0 Å². The number of hydrogen-bond donors (Lipinski definition) is 0. The van der Waals surface area contributed by atoms with Crippen molar-refractivity contribution in [3.63, 3.8) is 0 Å². The highest BCUT2D eigenvalue weighted by Crippen LogP contribution is 2.64. The summed E-state index contributed by atoms with van der Waals surface area (Å²) in [6, 6.07) is 78.6. The number of fused-ring (bicyclic) bond motifs is 13. The molecular weight excluding hydrogens is 753 g/mol. The number of aromatic nitrogens is 4. The van der Waals surface area contributed by atoms with Crippen LogP contribution in [0.4, 0.5) is 0 Å². The summed E-state index contributed by atoms with van der Waals surface area (Å²) in [6.45, 7) is 0. The number of rotatable bonds is 5. The van der Waals surface area contributed by atoms with Crippen LogP contribution in [-0.2, 0) is 5.41 Å². The van der Waals surface area contributed by atoms with E-state index in [1.807, 2.05) is 36.4 Å². The maximum Gasteiger partial charge on any atom is 0.164 e. The number of para-hydroxylation sites is 2. The average Bonchev–Trinajstić information content (AvgIpc) is 3.96. The van der Waals surface area contributed by atoms with Crippen molar-refractivity contribution in [2.24, 2.45) is 0 Å². The van der Waals surface area contributed by atoms with Crippen LogP contribution in [0.5, 0.6) is 0 Å². The van der Waals surface area contributed by atoms with E-state index in [0.29, 0.717) is 17.5 Å². The van der Waals surface area contributed by atoms with Crippen LogP contribution >= 0.6 is 0 Å². The summed E-state index contributed by atoms with van der Waals surface area (Å²) in [5.41, 5.74) is 18.2. The van der Waals surface area contributed by atoms with E-state index in [1.165, 1.54) is 66.3 Å². The van der Waals surface area contributed by atoms with E-state index in [4.69, 9.17) is 15.0 Å². The molecule has 0 amide bonds. The van der Waals surface area contributed by atoms with E-state index >= 15 is 0 Å². The van der Waals surface area contributed by atoms with E-state index in [9.17, 15) is 0 Å². The average molecular weight is 789 g/mol. The Labute approximate surface area is 359 Å². The Morgan fingerprint density at radius 2 is 0.806 bits per heavy atom. The SMILES string of the molecule is c1ccc(-c2nc(-c3ccccc3)nc(-c3cccc4c3-c3cc(-c5ccc6c(c5)c5ccccc5n6-c5ccccc5)ccc3C43c4ccccc4-c4ccccc43)n2)cc1. The molecule has 13 rings (SSSR count). The van der Waals surface area contributed by atoms with Crippen LogP contribution < -0.4 is 0 Å². The highest BCUT2D eigenvalue weighted by molar-refractivity contribution is 6.11. The fraction of sp³-hybridized carbons (Fsp3) is 0.0172. The fourth-order valence-corrected chi connectivity index (χ4v) is 10.5. The lowest BCUT2D eigenvalue weighted by Crippen LogP contribution is -2.25. The van der Waals surface area contributed by atoms with E-state index < -0.39 is 5.41 Å². The first-order valence-corrected chi connectivity index (χ1v) is 21.2. The molecule has 0 fully saturated rings. The quantitative estimate of drug-likeness (QED) is 0.174. The minimum Gasteiger partial charge on any atom is -0.309 e. The Morgan fingerprint density at radius 1 is 0.306 bits per heavy atom. The van der Waals surface area contributed by atoms with Gasteiger partial charge in [-0.2, -0.15) is 0 Å². The van der Waals surface area contributed by atoms with Crippen molar-refractivity contribution in [1.29, 1.82) is 0 Å². The maximum absolute atomic E-state index is 5.30. The summed E-state index contributed by atoms with van der Waals surface area (Å²) in [4.78, 5) is 15.7. The summed E-state index contributed by atoms with van der Waals surface area (Å²) >= 11 is 0. The van der Waals surface area contributed by atoms with Gasteiger partial charge in [0, 0.05) is 33.2 Å². The molecule has 0 aliphatic heterocycles. The van der Waals surface area contributed by atoms with Crippen LogP contribution in [0.2, 0.25) is 0 Å². The monoisotopic (exact) mass is 788 g/mol. The number of nitrogens with zero attached hydrogens (tertiary/aromatic N) is 4. The Kier molecular flexibility index (Phi) is 7.49. The van der Waals surface area contributed by atoms with Crippen molar-refractivity contribution in [2.75, 3.05) is 0 Å². The predicted octanol–water partition coefficient (Wildman–Crippen LogP) is 14.0. The Bertz CT molecular complexity index is 3470. The lowest BCUT2D eigenvalue weighted by molar-refractivity contribution is 0.794. The third kappa shape index (κ3) is 4.92. The first-order chi connectivity index (χ1) is 30.8. The van der Waals surface area contributed by atoms with Gasteiger partial charge >= 0.3 is 0 Å². The topological polar surface area (TPSA) is 43.6 Å². The van der Waals surface area contributed by atoms with Gasteiger partial charge in [0.1, 0.15) is 0 Å². The van der Waals surface area contributed by atoms with E-state index in [2.05, 4.69) is 187 Å². The Balaban J connectivity index is 1.08. The second kappa shape index (κ2) is 13.4. The first-order valence-electron chi connectivity index (χ1n) is 21.2. The molecule has 0 saturated heterocycles. The van der Waals surface area contributed by atoms with Gasteiger partial charge in [-0.3, -0.25) is 0 Å². The molecule has 0 saturated carbocycles. The Hall–Kier alpha value is -8.21. The van der Waals surface area contributed by atoms with Gasteiger partial charge in [-0.1, -0.05) is 182 Å². The lowest BCUT2D eigenvalue weighted by atomic mass is 9.70. The van der Waals surface area contributed by atoms with Gasteiger partial charge in [-0.15, -0.1) is 0 Å². The Morgan fingerprint density at radius 3 is 1.50 bits per heavy atom. The molecule has 0 bridgehead atoms. The summed E-state index contributed by atoms with van der Waals surface area (Å²) in [5, 5.41) is 2.46. The molecular formula is C58H36N4. The summed E-state index contributed by atoms with van der Waals surface area (Å²) in [7, 11) is 0. The minimum absolute atomic E-state index is 0.531. The van der Waals surface area contributed by atoms with Crippen LogP contribution in [0.1, 0.15) is 22.3 Å². The second-order valence-corrected chi connectivity index (χ2v) is 16.3. The lowest BCUT2D eigenvalue weighted by Gasteiger charge is -2.30. The fourth-order valence-electron chi connectivity index (χ4n) is 10.5. The molecule has 1 spiro atoms. The van der Waals surface area contributed by atoms with Crippen LogP contribution in [0.15, 0.2) is 218 Å². The van der Waals surface area contributed by atoms with Gasteiger partial charge in [-0.05, 0) is 92.0 Å². The molecule has 0 unspecified atom stereocenters. The highest BCUT2D eigenvalue weighted by atomic mass is 15.0. The maximum atomic E-state index is 5.30. The third-order valence-electron chi connectivity index (χ3n) is 13.1. The zero-order chi connectivity index (χ0) is 40.8. The van der Waals surface area contributed by atoms with Crippen LogP contribution in [0.25, 0.3) is 95.0 Å². The third-order valence-corrected chi connectivity index (χ3v) is 13.1. The molecule has 2 aliphatic rings. The molecule has 288 valence electrons. The minimum atomic E-state index is -0.531. The molecule has 2 heterocycles. The van der Waals surface area contributed by atoms with Crippen molar-refractivity contribution >= 4 is 21.8 Å². The van der Waals surface area contributed by atoms with Gasteiger partial charge in [0.15, 0.2) is 17.5 Å². The van der Waals surface area contributed by atoms with Gasteiger partial charge in [0.2, 0.25) is 0 Å². The van der Waals surface area contributed by atoms with Crippen molar-refractivity contribution < 1.29 is 0 Å². The zero-order valence-electron chi connectivity index (χ0n) is 33.6. The summed E-state index contributed by atoms with van der Waals surface area (Å²) in [6.07, 6.45) is 0. The molecule has 4 nitrogen and oxygen atoms in total. The largest absolute Gasteiger partial charge is 0.309 e. The zero-order valence-corrected chi connectivity index (χ0v) is 33.6. The molecule has 62 heavy (non-hydrogen) atoms. The number of hydrogen-bond acceptors (Lipinski definition) is 3. The highest BCUT2D eigenvalue weighted by Gasteiger charge is 2.52. The molecule has 0 atom stereocenters. The molecule has 2 aromatic heterocycles. The van der Waals surface area contributed by atoms with Gasteiger partial charge < -0.3 is 4.57 Å². The molecule has 0 N–H and O–H groups in total. The van der Waals surface area contributed by atoms with E-state index in [0.717, 1.165) is 33.5 Å². The van der Waals surface area contributed by atoms with E-state index in [1.54, 1.807) is 0 Å². The van der Waals surface area contributed by atoms with Gasteiger partial charge in [0.25, 0.3) is 0 Å². The van der Waals surface area contributed by atoms with E-state index in [-0.39, 0.29) is 0 Å². The van der Waals surface area contributed by atoms with Crippen molar-refractivity contribution in [1.82, 2.24) is 19.5 Å². The standard InChI is InChI=1S/C58H36N4/c1-4-17-37(18-5-1)55-59-56(38-19-6-2-7-20-38)61-57(60-55)45-26-16-29-51-54(45)47-36-39(31-33-50(47)58(51)48-27-13-10-23-42(48)43-24-11-14-28-49(43)58)40-32-34-53-46(35-40)44-25-12-15-30-52(44)62(53)41-21-8-3-9-22-41/h1-36H. The molecule has 2 aliphatic carbocycles. The van der Waals surface area contributed by atoms with Crippen molar-refractivity contribution in [3.8, 4) is 73.2 Å². The van der Waals surface area contributed by atoms with Gasteiger partial charge in [0.05, 0.1) is 16.4 Å². The molecule has 0 radical (unpaired) electrons. The van der Waals surface area contributed by atoms with Crippen molar-refractivity contribution in [2.45, 2.75) is 5.41 Å². The first kappa shape index (κ1) is 34.6. The van der Waals surface area contributed by atoms with Crippen LogP contribution in [0, 0.1) is 0 Å². The van der Waals surface area contributed by atoms with Crippen molar-refractivity contribution in [3.05, 3.63) is 241 Å². The predicted molar refractivity (Wildman–Crippen MR) is 252 cm³/mol. The summed E-state index contributed by atoms with van der Waals surface area (Å²) < 4.78 is 2.38. The molecule has 11 aromatic rings. The van der Waals surface area contributed by atoms with Crippen LogP contribution in [-0.4, -0.2) is 19.5 Å². The normalized spacial score (nSPS) is 13.0. The summed E-state index contributed by atoms with van der Waals surface area (Å²) in [5.74, 6) is 1.94. The molecule has 9 aromatic carbocycles. The number of benzene rings is 9. The second-order valence-electron chi connectivity index (χ2n) is 16.3. The smallest absolute Gasteiger partial charge is 0.164 e. The van der Waals surface area contributed by atoms with Crippen LogP contribution in [0.3, 0.4) is 0 Å². The molecule has 4 heteroatoms.